The first kappa shape index (κ1) is 10.3. The highest BCUT2D eigenvalue weighted by atomic mass is 16.5. The fourth-order valence-corrected chi connectivity index (χ4v) is 3.22. The minimum atomic E-state index is 0.108. The molecular weight excluding hydrogens is 226 g/mol. The van der Waals surface area contributed by atoms with Gasteiger partial charge in [0.2, 0.25) is 0 Å². The molecule has 4 heteroatoms. The molecule has 3 heterocycles. The molecule has 4 rings (SSSR count). The number of benzene rings is 1. The zero-order chi connectivity index (χ0) is 12.1. The van der Waals surface area contributed by atoms with E-state index in [1.165, 1.54) is 16.8 Å². The summed E-state index contributed by atoms with van der Waals surface area (Å²) < 4.78 is 7.77. The van der Waals surface area contributed by atoms with Crippen molar-refractivity contribution in [2.75, 3.05) is 13.2 Å². The van der Waals surface area contributed by atoms with Crippen molar-refractivity contribution in [2.45, 2.75) is 12.1 Å². The van der Waals surface area contributed by atoms with Gasteiger partial charge in [0.25, 0.3) is 0 Å². The SMILES string of the molecule is N[C@@H]1COC[C@@H]1[C@H]1c2ccccc2-c2cncn21. The zero-order valence-electron chi connectivity index (χ0n) is 9.99. The van der Waals surface area contributed by atoms with Gasteiger partial charge in [-0.15, -0.1) is 0 Å². The Bertz CT molecular complexity index is 592. The molecule has 18 heavy (non-hydrogen) atoms. The van der Waals surface area contributed by atoms with Crippen molar-refractivity contribution in [3.05, 3.63) is 42.4 Å². The molecule has 1 aromatic heterocycles. The van der Waals surface area contributed by atoms with Crippen LogP contribution in [0.2, 0.25) is 0 Å². The average Bonchev–Trinajstić information content (AvgIpc) is 3.05. The van der Waals surface area contributed by atoms with E-state index in [2.05, 4.69) is 33.8 Å². The lowest BCUT2D eigenvalue weighted by molar-refractivity contribution is 0.177. The van der Waals surface area contributed by atoms with E-state index in [9.17, 15) is 0 Å². The Morgan fingerprint density at radius 2 is 2.17 bits per heavy atom. The number of hydrogen-bond donors (Lipinski definition) is 1. The summed E-state index contributed by atoms with van der Waals surface area (Å²) in [5.41, 5.74) is 10.00. The molecule has 1 saturated heterocycles. The average molecular weight is 241 g/mol. The molecule has 0 aliphatic carbocycles. The number of ether oxygens (including phenoxy) is 1. The number of fused-ring (bicyclic) bond motifs is 3. The van der Waals surface area contributed by atoms with Crippen LogP contribution in [0.3, 0.4) is 0 Å². The third kappa shape index (κ3) is 1.24. The van der Waals surface area contributed by atoms with Crippen LogP contribution in [-0.2, 0) is 4.74 Å². The monoisotopic (exact) mass is 241 g/mol. The lowest BCUT2D eigenvalue weighted by atomic mass is 9.89. The Kier molecular flexibility index (Phi) is 2.10. The molecule has 0 unspecified atom stereocenters. The Morgan fingerprint density at radius 1 is 1.28 bits per heavy atom. The van der Waals surface area contributed by atoms with Gasteiger partial charge in [0, 0.05) is 17.5 Å². The predicted molar refractivity (Wildman–Crippen MR) is 68.1 cm³/mol. The molecule has 2 aliphatic heterocycles. The number of imidazole rings is 1. The fourth-order valence-electron chi connectivity index (χ4n) is 3.22. The van der Waals surface area contributed by atoms with Gasteiger partial charge in [-0.1, -0.05) is 24.3 Å². The highest BCUT2D eigenvalue weighted by Crippen LogP contribution is 2.44. The molecule has 0 saturated carbocycles. The summed E-state index contributed by atoms with van der Waals surface area (Å²) in [7, 11) is 0. The lowest BCUT2D eigenvalue weighted by Crippen LogP contribution is -2.34. The molecule has 0 amide bonds. The van der Waals surface area contributed by atoms with Gasteiger partial charge in [0.15, 0.2) is 0 Å². The first-order chi connectivity index (χ1) is 8.86. The molecule has 1 aromatic carbocycles. The van der Waals surface area contributed by atoms with Crippen molar-refractivity contribution < 1.29 is 4.74 Å². The normalized spacial score (nSPS) is 29.3. The summed E-state index contributed by atoms with van der Waals surface area (Å²) in [5.74, 6) is 0.335. The second-order valence-corrected chi connectivity index (χ2v) is 5.08. The van der Waals surface area contributed by atoms with Crippen LogP contribution in [0.15, 0.2) is 36.8 Å². The van der Waals surface area contributed by atoms with E-state index in [1.54, 1.807) is 0 Å². The highest BCUT2D eigenvalue weighted by Gasteiger charge is 2.39. The standard InChI is InChI=1S/C14H15N3O/c15-12-7-18-6-11(12)14-10-4-2-1-3-9(10)13-5-16-8-17(13)14/h1-5,8,11-12,14H,6-7,15H2/t11-,12+,14+/m0/s1. The molecule has 92 valence electrons. The zero-order valence-corrected chi connectivity index (χ0v) is 9.99. The maximum absolute atomic E-state index is 6.18. The molecule has 0 radical (unpaired) electrons. The number of aromatic nitrogens is 2. The van der Waals surface area contributed by atoms with Crippen LogP contribution in [0.4, 0.5) is 0 Å². The Labute approximate surface area is 105 Å². The van der Waals surface area contributed by atoms with E-state index in [0.29, 0.717) is 12.5 Å². The maximum atomic E-state index is 6.18. The van der Waals surface area contributed by atoms with Gasteiger partial charge in [-0.25, -0.2) is 4.98 Å². The molecule has 4 nitrogen and oxygen atoms in total. The van der Waals surface area contributed by atoms with E-state index >= 15 is 0 Å². The van der Waals surface area contributed by atoms with Crippen LogP contribution in [-0.4, -0.2) is 28.8 Å². The molecule has 2 aliphatic rings. The Morgan fingerprint density at radius 3 is 3.00 bits per heavy atom. The largest absolute Gasteiger partial charge is 0.379 e. The van der Waals surface area contributed by atoms with Gasteiger partial charge in [0.05, 0.1) is 37.5 Å². The first-order valence-corrected chi connectivity index (χ1v) is 6.30. The minimum Gasteiger partial charge on any atom is -0.379 e. The smallest absolute Gasteiger partial charge is 0.0956 e. The topological polar surface area (TPSA) is 53.1 Å². The second kappa shape index (κ2) is 3.67. The van der Waals surface area contributed by atoms with E-state index in [-0.39, 0.29) is 12.1 Å². The van der Waals surface area contributed by atoms with Gasteiger partial charge < -0.3 is 15.0 Å². The van der Waals surface area contributed by atoms with Gasteiger partial charge >= 0.3 is 0 Å². The van der Waals surface area contributed by atoms with E-state index in [4.69, 9.17) is 10.5 Å². The minimum absolute atomic E-state index is 0.108. The van der Waals surface area contributed by atoms with E-state index in [0.717, 1.165) is 6.61 Å². The third-order valence-corrected chi connectivity index (χ3v) is 4.10. The van der Waals surface area contributed by atoms with Crippen LogP contribution in [0.5, 0.6) is 0 Å². The van der Waals surface area contributed by atoms with Crippen molar-refractivity contribution in [2.24, 2.45) is 11.7 Å². The second-order valence-electron chi connectivity index (χ2n) is 5.08. The summed E-state index contributed by atoms with van der Waals surface area (Å²) in [6.45, 7) is 1.39. The first-order valence-electron chi connectivity index (χ1n) is 6.30. The summed E-state index contributed by atoms with van der Waals surface area (Å²) in [6, 6.07) is 8.89. The molecule has 1 fully saturated rings. The van der Waals surface area contributed by atoms with Crippen molar-refractivity contribution in [1.29, 1.82) is 0 Å². The van der Waals surface area contributed by atoms with Crippen molar-refractivity contribution >= 4 is 0 Å². The molecule has 3 atom stereocenters. The highest BCUT2D eigenvalue weighted by molar-refractivity contribution is 5.69. The van der Waals surface area contributed by atoms with Crippen LogP contribution in [0.1, 0.15) is 11.6 Å². The molecule has 2 aromatic rings. The predicted octanol–water partition coefficient (Wildman–Crippen LogP) is 1.43. The fraction of sp³-hybridized carbons (Fsp3) is 0.357. The quantitative estimate of drug-likeness (QED) is 0.821. The third-order valence-electron chi connectivity index (χ3n) is 4.10. The van der Waals surface area contributed by atoms with Crippen molar-refractivity contribution in [3.63, 3.8) is 0 Å². The molecule has 0 bridgehead atoms. The molecule has 2 N–H and O–H groups in total. The van der Waals surface area contributed by atoms with Gasteiger partial charge in [-0.05, 0) is 5.56 Å². The van der Waals surface area contributed by atoms with E-state index in [1.807, 2.05) is 12.5 Å². The van der Waals surface area contributed by atoms with Crippen molar-refractivity contribution in [3.8, 4) is 11.3 Å². The summed E-state index contributed by atoms with van der Waals surface area (Å²) in [6.07, 6.45) is 3.84. The molecular formula is C14H15N3O. The number of hydrogen-bond acceptors (Lipinski definition) is 3. The number of nitrogens with zero attached hydrogens (tertiary/aromatic N) is 2. The van der Waals surface area contributed by atoms with E-state index < -0.39 is 0 Å². The van der Waals surface area contributed by atoms with Crippen molar-refractivity contribution in [1.82, 2.24) is 9.55 Å². The van der Waals surface area contributed by atoms with Crippen LogP contribution in [0.25, 0.3) is 11.3 Å². The summed E-state index contributed by atoms with van der Waals surface area (Å²) in [4.78, 5) is 4.27. The summed E-state index contributed by atoms with van der Waals surface area (Å²) >= 11 is 0. The van der Waals surface area contributed by atoms with Crippen LogP contribution >= 0.6 is 0 Å². The van der Waals surface area contributed by atoms with Gasteiger partial charge in [-0.2, -0.15) is 0 Å². The van der Waals surface area contributed by atoms with Gasteiger partial charge in [-0.3, -0.25) is 0 Å². The van der Waals surface area contributed by atoms with Crippen LogP contribution in [0, 0.1) is 5.92 Å². The van der Waals surface area contributed by atoms with Gasteiger partial charge in [0.1, 0.15) is 0 Å². The Balaban J connectivity index is 1.89. The molecule has 0 spiro atoms. The lowest BCUT2D eigenvalue weighted by Gasteiger charge is -2.23. The number of rotatable bonds is 1. The van der Waals surface area contributed by atoms with Crippen LogP contribution < -0.4 is 5.73 Å². The number of nitrogens with two attached hydrogens (primary N) is 1. The maximum Gasteiger partial charge on any atom is 0.0956 e. The summed E-state index contributed by atoms with van der Waals surface area (Å²) in [5, 5.41) is 0. The Hall–Kier alpha value is -1.65.